The summed E-state index contributed by atoms with van der Waals surface area (Å²) in [5.41, 5.74) is 0.448. The molecule has 0 aliphatic carbocycles. The van der Waals surface area contributed by atoms with Gasteiger partial charge in [0.1, 0.15) is 11.2 Å². The van der Waals surface area contributed by atoms with E-state index in [0.29, 0.717) is 18.8 Å². The van der Waals surface area contributed by atoms with Gasteiger partial charge < -0.3 is 15.1 Å². The fourth-order valence-electron chi connectivity index (χ4n) is 2.83. The molecule has 144 valence electrons. The monoisotopic (exact) mass is 381 g/mol. The number of rotatable bonds is 5. The number of nitrogens with zero attached hydrogens (tertiary/aromatic N) is 2. The molecule has 0 spiro atoms. The van der Waals surface area contributed by atoms with E-state index in [1.807, 2.05) is 40.7 Å². The Hall–Kier alpha value is -1.76. The number of urea groups is 1. The normalized spacial score (nSPS) is 17.7. The van der Waals surface area contributed by atoms with E-state index < -0.39 is 0 Å². The third kappa shape index (κ3) is 5.37. The Balaban J connectivity index is 2.08. The average Bonchev–Trinajstić information content (AvgIpc) is 2.86. The molecule has 1 N–H and O–H groups in total. The highest BCUT2D eigenvalue weighted by Gasteiger charge is 2.33. The highest BCUT2D eigenvalue weighted by molar-refractivity contribution is 8.00. The van der Waals surface area contributed by atoms with Gasteiger partial charge in [-0.05, 0) is 52.3 Å². The molecule has 26 heavy (non-hydrogen) atoms. The zero-order valence-corrected chi connectivity index (χ0v) is 16.9. The number of thioether (sulfide) groups is 1. The molecule has 0 bridgehead atoms. The molecule has 1 aromatic carbocycles. The third-order valence-corrected chi connectivity index (χ3v) is 5.31. The maximum Gasteiger partial charge on any atom is 0.318 e. The van der Waals surface area contributed by atoms with Gasteiger partial charge in [0.2, 0.25) is 5.91 Å². The molecule has 0 unspecified atom stereocenters. The van der Waals surface area contributed by atoms with Gasteiger partial charge in [-0.2, -0.15) is 0 Å². The second-order valence-corrected chi connectivity index (χ2v) is 8.84. The smallest absolute Gasteiger partial charge is 0.318 e. The van der Waals surface area contributed by atoms with Crippen LogP contribution >= 0.6 is 11.8 Å². The van der Waals surface area contributed by atoms with Gasteiger partial charge in [0.25, 0.3) is 0 Å². The third-order valence-electron chi connectivity index (χ3n) is 4.05. The summed E-state index contributed by atoms with van der Waals surface area (Å²) in [5.74, 6) is 0.0804. The average molecular weight is 382 g/mol. The van der Waals surface area contributed by atoms with E-state index in [0.717, 1.165) is 5.56 Å². The predicted octanol–water partition coefficient (Wildman–Crippen LogP) is 3.62. The van der Waals surface area contributed by atoms with Crippen molar-refractivity contribution in [2.24, 2.45) is 0 Å². The number of amides is 3. The number of carbonyl (C=O) groups excluding carboxylic acids is 2. The van der Waals surface area contributed by atoms with Crippen LogP contribution in [0.3, 0.4) is 0 Å². The second-order valence-electron chi connectivity index (χ2n) is 7.77. The Morgan fingerprint density at radius 2 is 2.12 bits per heavy atom. The first-order valence-corrected chi connectivity index (χ1v) is 9.88. The largest absolute Gasteiger partial charge is 0.333 e. The van der Waals surface area contributed by atoms with Gasteiger partial charge in [0.05, 0.1) is 5.75 Å². The lowest BCUT2D eigenvalue weighted by Crippen LogP contribution is -2.52. The molecule has 1 aliphatic rings. The molecule has 1 atom stereocenters. The number of nitrogens with one attached hydrogen (secondary N) is 1. The summed E-state index contributed by atoms with van der Waals surface area (Å²) in [6.45, 7) is 10.6. The topological polar surface area (TPSA) is 52.7 Å². The van der Waals surface area contributed by atoms with E-state index in [4.69, 9.17) is 0 Å². The molecular formula is C19H28FN3O2S. The molecule has 1 saturated heterocycles. The summed E-state index contributed by atoms with van der Waals surface area (Å²) in [7, 11) is 0. The fraction of sp³-hybridized carbons (Fsp3) is 0.579. The van der Waals surface area contributed by atoms with Crippen LogP contribution in [0.15, 0.2) is 24.3 Å². The minimum absolute atomic E-state index is 0.00956. The molecule has 5 nitrogen and oxygen atoms in total. The van der Waals surface area contributed by atoms with Crippen molar-refractivity contribution >= 4 is 23.7 Å². The fourth-order valence-corrected chi connectivity index (χ4v) is 4.04. The van der Waals surface area contributed by atoms with Gasteiger partial charge in [-0.25, -0.2) is 9.18 Å². The van der Waals surface area contributed by atoms with Gasteiger partial charge in [0.15, 0.2) is 0 Å². The maximum absolute atomic E-state index is 13.6. The van der Waals surface area contributed by atoms with E-state index >= 15 is 0 Å². The van der Waals surface area contributed by atoms with Crippen LogP contribution < -0.4 is 5.32 Å². The molecule has 1 fully saturated rings. The zero-order valence-electron chi connectivity index (χ0n) is 16.1. The zero-order chi connectivity index (χ0) is 19.5. The summed E-state index contributed by atoms with van der Waals surface area (Å²) in [5, 5.41) is 2.76. The molecule has 0 aromatic heterocycles. The Bertz CT molecular complexity index is 660. The molecule has 2 rings (SSSR count). The van der Waals surface area contributed by atoms with Crippen LogP contribution in [0.25, 0.3) is 0 Å². The van der Waals surface area contributed by atoms with Crippen molar-refractivity contribution in [2.75, 3.05) is 18.8 Å². The minimum Gasteiger partial charge on any atom is -0.333 e. The van der Waals surface area contributed by atoms with Crippen LogP contribution in [0.2, 0.25) is 0 Å². The standard InChI is InChI=1S/C19H28FN3O2S/c1-13(2)22(18(25)21-19(3,4)5)9-10-23-16(24)12-26-17(23)14-7-6-8-15(20)11-14/h6-8,11,13,17H,9-10,12H2,1-5H3,(H,21,25)/t17-/m0/s1. The SMILES string of the molecule is CC(C)N(CCN1C(=O)CS[C@H]1c1cccc(F)c1)C(=O)NC(C)(C)C. The predicted molar refractivity (Wildman–Crippen MR) is 103 cm³/mol. The maximum atomic E-state index is 13.6. The Morgan fingerprint density at radius 1 is 1.42 bits per heavy atom. The molecule has 1 aliphatic heterocycles. The number of carbonyl (C=O) groups is 2. The van der Waals surface area contributed by atoms with Crippen molar-refractivity contribution in [3.8, 4) is 0 Å². The van der Waals surface area contributed by atoms with E-state index in [9.17, 15) is 14.0 Å². The number of hydrogen-bond donors (Lipinski definition) is 1. The van der Waals surface area contributed by atoms with Crippen molar-refractivity contribution in [1.29, 1.82) is 0 Å². The molecule has 7 heteroatoms. The molecule has 1 heterocycles. The summed E-state index contributed by atoms with van der Waals surface area (Å²) >= 11 is 1.49. The Morgan fingerprint density at radius 3 is 2.69 bits per heavy atom. The molecular weight excluding hydrogens is 353 g/mol. The molecule has 3 amide bonds. The summed E-state index contributed by atoms with van der Waals surface area (Å²) < 4.78 is 13.6. The van der Waals surface area contributed by atoms with Crippen molar-refractivity contribution in [1.82, 2.24) is 15.1 Å². The first-order valence-electron chi connectivity index (χ1n) is 8.84. The van der Waals surface area contributed by atoms with Gasteiger partial charge in [-0.15, -0.1) is 11.8 Å². The van der Waals surface area contributed by atoms with Crippen LogP contribution in [-0.4, -0.2) is 52.2 Å². The van der Waals surface area contributed by atoms with E-state index in [2.05, 4.69) is 5.32 Å². The van der Waals surface area contributed by atoms with Gasteiger partial charge >= 0.3 is 6.03 Å². The van der Waals surface area contributed by atoms with Crippen molar-refractivity contribution in [3.63, 3.8) is 0 Å². The van der Waals surface area contributed by atoms with Crippen LogP contribution in [0.1, 0.15) is 45.6 Å². The van der Waals surface area contributed by atoms with E-state index in [-0.39, 0.29) is 34.7 Å². The van der Waals surface area contributed by atoms with E-state index in [1.54, 1.807) is 15.9 Å². The quantitative estimate of drug-likeness (QED) is 0.848. The van der Waals surface area contributed by atoms with Crippen molar-refractivity contribution in [2.45, 2.75) is 51.6 Å². The van der Waals surface area contributed by atoms with E-state index in [1.165, 1.54) is 23.9 Å². The molecule has 0 saturated carbocycles. The number of halogens is 1. The number of benzene rings is 1. The summed E-state index contributed by atoms with van der Waals surface area (Å²) in [4.78, 5) is 28.3. The lowest BCUT2D eigenvalue weighted by atomic mass is 10.1. The summed E-state index contributed by atoms with van der Waals surface area (Å²) in [6, 6.07) is 6.22. The molecule has 0 radical (unpaired) electrons. The van der Waals surface area contributed by atoms with Gasteiger partial charge in [0, 0.05) is 24.7 Å². The second kappa shape index (κ2) is 8.29. The lowest BCUT2D eigenvalue weighted by molar-refractivity contribution is -0.128. The van der Waals surface area contributed by atoms with Crippen molar-refractivity contribution < 1.29 is 14.0 Å². The van der Waals surface area contributed by atoms with Crippen LogP contribution in [-0.2, 0) is 4.79 Å². The Labute approximate surface area is 159 Å². The van der Waals surface area contributed by atoms with Crippen molar-refractivity contribution in [3.05, 3.63) is 35.6 Å². The minimum atomic E-state index is -0.326. The highest BCUT2D eigenvalue weighted by atomic mass is 32.2. The molecule has 1 aromatic rings. The van der Waals surface area contributed by atoms with Crippen LogP contribution in [0, 0.1) is 5.82 Å². The highest BCUT2D eigenvalue weighted by Crippen LogP contribution is 2.38. The summed E-state index contributed by atoms with van der Waals surface area (Å²) in [6.07, 6.45) is 0. The first kappa shape index (κ1) is 20.6. The van der Waals surface area contributed by atoms with Gasteiger partial charge in [-0.1, -0.05) is 12.1 Å². The van der Waals surface area contributed by atoms with Gasteiger partial charge in [-0.3, -0.25) is 4.79 Å². The lowest BCUT2D eigenvalue weighted by Gasteiger charge is -2.33. The first-order chi connectivity index (χ1) is 12.1. The van der Waals surface area contributed by atoms with Crippen LogP contribution in [0.4, 0.5) is 9.18 Å². The van der Waals surface area contributed by atoms with Crippen LogP contribution in [0.5, 0.6) is 0 Å². The Kier molecular flexibility index (Phi) is 6.55. The number of hydrogen-bond acceptors (Lipinski definition) is 3.